The smallest absolute Gasteiger partial charge is 0.398 e. The molecule has 4 nitrogen and oxygen atoms in total. The summed E-state index contributed by atoms with van der Waals surface area (Å²) in [5, 5.41) is 3.48. The molecule has 0 radical (unpaired) electrons. The SMILES string of the molecule is CS(=O)Cc1cc(-n2ccc(C(F)(F)F)n2)ccc1N. The van der Waals surface area contributed by atoms with Crippen molar-refractivity contribution < 1.29 is 17.4 Å². The summed E-state index contributed by atoms with van der Waals surface area (Å²) in [6, 6.07) is 5.61. The van der Waals surface area contributed by atoms with Gasteiger partial charge in [0, 0.05) is 28.9 Å². The molecular formula is C12H12F3N3OS. The molecule has 1 heterocycles. The van der Waals surface area contributed by atoms with E-state index < -0.39 is 22.7 Å². The summed E-state index contributed by atoms with van der Waals surface area (Å²) in [6.07, 6.45) is -1.73. The van der Waals surface area contributed by atoms with Crippen LogP contribution in [0.1, 0.15) is 11.3 Å². The Bertz CT molecular complexity index is 652. The van der Waals surface area contributed by atoms with Crippen LogP contribution in [0.15, 0.2) is 30.5 Å². The number of hydrogen-bond donors (Lipinski definition) is 1. The second-order valence-corrected chi connectivity index (χ2v) is 5.68. The number of rotatable bonds is 3. The third-order valence-electron chi connectivity index (χ3n) is 2.63. The van der Waals surface area contributed by atoms with Gasteiger partial charge in [-0.3, -0.25) is 4.21 Å². The number of nitrogens with zero attached hydrogens (tertiary/aromatic N) is 2. The number of benzene rings is 1. The lowest BCUT2D eigenvalue weighted by atomic mass is 10.2. The Balaban J connectivity index is 2.38. The Morgan fingerprint density at radius 1 is 1.35 bits per heavy atom. The largest absolute Gasteiger partial charge is 0.435 e. The molecule has 0 aliphatic heterocycles. The van der Waals surface area contributed by atoms with Gasteiger partial charge in [-0.05, 0) is 29.8 Å². The van der Waals surface area contributed by atoms with E-state index in [1.807, 2.05) is 0 Å². The molecule has 0 fully saturated rings. The van der Waals surface area contributed by atoms with Crippen molar-refractivity contribution in [3.05, 3.63) is 41.7 Å². The van der Waals surface area contributed by atoms with Crippen molar-refractivity contribution in [2.75, 3.05) is 12.0 Å². The molecule has 20 heavy (non-hydrogen) atoms. The third-order valence-corrected chi connectivity index (χ3v) is 3.35. The number of nitrogen functional groups attached to an aromatic ring is 1. The highest BCUT2D eigenvalue weighted by Crippen LogP contribution is 2.28. The van der Waals surface area contributed by atoms with E-state index in [-0.39, 0.29) is 5.75 Å². The van der Waals surface area contributed by atoms with Gasteiger partial charge in [0.05, 0.1) is 11.4 Å². The molecule has 0 aliphatic carbocycles. The van der Waals surface area contributed by atoms with Crippen LogP contribution in [-0.2, 0) is 22.7 Å². The fraction of sp³-hybridized carbons (Fsp3) is 0.250. The van der Waals surface area contributed by atoms with Crippen molar-refractivity contribution in [1.82, 2.24) is 9.78 Å². The van der Waals surface area contributed by atoms with Crippen LogP contribution in [-0.4, -0.2) is 20.2 Å². The van der Waals surface area contributed by atoms with Crippen molar-refractivity contribution >= 4 is 16.5 Å². The van der Waals surface area contributed by atoms with Crippen molar-refractivity contribution in [2.45, 2.75) is 11.9 Å². The lowest BCUT2D eigenvalue weighted by Gasteiger charge is -2.08. The van der Waals surface area contributed by atoms with Gasteiger partial charge in [-0.1, -0.05) is 0 Å². The maximum absolute atomic E-state index is 12.5. The minimum atomic E-state index is -4.48. The summed E-state index contributed by atoms with van der Waals surface area (Å²) in [6.45, 7) is 0. The van der Waals surface area contributed by atoms with Gasteiger partial charge >= 0.3 is 6.18 Å². The molecule has 1 atom stereocenters. The Morgan fingerprint density at radius 3 is 2.60 bits per heavy atom. The molecule has 8 heteroatoms. The standard InChI is InChI=1S/C12H12F3N3OS/c1-20(19)7-8-6-9(2-3-10(8)16)18-5-4-11(17-18)12(13,14)15/h2-6H,7,16H2,1H3. The van der Waals surface area contributed by atoms with Crippen molar-refractivity contribution in [3.63, 3.8) is 0 Å². The van der Waals surface area contributed by atoms with E-state index in [0.717, 1.165) is 10.7 Å². The van der Waals surface area contributed by atoms with Crippen molar-refractivity contribution in [2.24, 2.45) is 0 Å². The van der Waals surface area contributed by atoms with E-state index in [4.69, 9.17) is 5.73 Å². The number of nitrogens with two attached hydrogens (primary N) is 1. The van der Waals surface area contributed by atoms with E-state index >= 15 is 0 Å². The predicted octanol–water partition coefficient (Wildman–Crippen LogP) is 2.35. The molecule has 1 aromatic heterocycles. The van der Waals surface area contributed by atoms with Crippen molar-refractivity contribution in [1.29, 1.82) is 0 Å². The zero-order chi connectivity index (χ0) is 14.9. The predicted molar refractivity (Wildman–Crippen MR) is 70.7 cm³/mol. The Morgan fingerprint density at radius 2 is 2.05 bits per heavy atom. The Kier molecular flexibility index (Phi) is 3.85. The summed E-state index contributed by atoms with van der Waals surface area (Å²) in [7, 11) is -1.09. The molecule has 0 saturated heterocycles. The average Bonchev–Trinajstić information content (AvgIpc) is 2.80. The number of anilines is 1. The van der Waals surface area contributed by atoms with Gasteiger partial charge in [0.15, 0.2) is 5.69 Å². The van der Waals surface area contributed by atoms with Crippen LogP contribution in [0.4, 0.5) is 18.9 Å². The second kappa shape index (κ2) is 5.28. The number of halogens is 3. The second-order valence-electron chi connectivity index (χ2n) is 4.24. The lowest BCUT2D eigenvalue weighted by molar-refractivity contribution is -0.141. The highest BCUT2D eigenvalue weighted by Gasteiger charge is 2.33. The highest BCUT2D eigenvalue weighted by molar-refractivity contribution is 7.83. The first-order chi connectivity index (χ1) is 9.27. The molecule has 0 bridgehead atoms. The van der Waals surface area contributed by atoms with E-state index in [9.17, 15) is 17.4 Å². The quantitative estimate of drug-likeness (QED) is 0.885. The summed E-state index contributed by atoms with van der Waals surface area (Å²) in [5.74, 6) is 0.243. The average molecular weight is 303 g/mol. The van der Waals surface area contributed by atoms with E-state index in [1.54, 1.807) is 18.2 Å². The first-order valence-electron chi connectivity index (χ1n) is 5.59. The topological polar surface area (TPSA) is 60.9 Å². The minimum Gasteiger partial charge on any atom is -0.398 e. The fourth-order valence-electron chi connectivity index (χ4n) is 1.70. The van der Waals surface area contributed by atoms with Crippen LogP contribution in [0.25, 0.3) is 5.69 Å². The fourth-order valence-corrected chi connectivity index (χ4v) is 2.39. The summed E-state index contributed by atoms with van der Waals surface area (Å²) in [5.41, 5.74) is 6.29. The number of hydrogen-bond acceptors (Lipinski definition) is 3. The molecule has 108 valence electrons. The van der Waals surface area contributed by atoms with Gasteiger partial charge in [-0.2, -0.15) is 18.3 Å². The summed E-state index contributed by atoms with van der Waals surface area (Å²) < 4.78 is 49.8. The van der Waals surface area contributed by atoms with E-state index in [0.29, 0.717) is 16.9 Å². The third kappa shape index (κ3) is 3.19. The Hall–Kier alpha value is -1.83. The summed E-state index contributed by atoms with van der Waals surface area (Å²) in [4.78, 5) is 0. The lowest BCUT2D eigenvalue weighted by Crippen LogP contribution is -2.07. The molecule has 0 amide bonds. The summed E-state index contributed by atoms with van der Waals surface area (Å²) >= 11 is 0. The van der Waals surface area contributed by atoms with Gasteiger partial charge in [0.2, 0.25) is 0 Å². The van der Waals surface area contributed by atoms with Gasteiger partial charge < -0.3 is 5.73 Å². The zero-order valence-electron chi connectivity index (χ0n) is 10.5. The van der Waals surface area contributed by atoms with Gasteiger partial charge in [-0.25, -0.2) is 4.68 Å². The minimum absolute atomic E-state index is 0.243. The van der Waals surface area contributed by atoms with Crippen molar-refractivity contribution in [3.8, 4) is 5.69 Å². The monoisotopic (exact) mass is 303 g/mol. The molecule has 1 aromatic carbocycles. The molecule has 1 unspecified atom stereocenters. The maximum Gasteiger partial charge on any atom is 0.435 e. The van der Waals surface area contributed by atoms with Gasteiger partial charge in [-0.15, -0.1) is 0 Å². The Labute approximate surface area is 115 Å². The molecule has 2 rings (SSSR count). The molecule has 2 aromatic rings. The first kappa shape index (κ1) is 14.6. The molecular weight excluding hydrogens is 291 g/mol. The normalized spacial score (nSPS) is 13.4. The highest BCUT2D eigenvalue weighted by atomic mass is 32.2. The van der Waals surface area contributed by atoms with E-state index in [2.05, 4.69) is 5.10 Å². The van der Waals surface area contributed by atoms with Crippen LogP contribution < -0.4 is 5.73 Å². The zero-order valence-corrected chi connectivity index (χ0v) is 11.3. The first-order valence-corrected chi connectivity index (χ1v) is 7.32. The molecule has 2 N–H and O–H groups in total. The van der Waals surface area contributed by atoms with Crippen LogP contribution >= 0.6 is 0 Å². The molecule has 0 spiro atoms. The van der Waals surface area contributed by atoms with Crippen LogP contribution in [0.3, 0.4) is 0 Å². The molecule has 0 aliphatic rings. The van der Waals surface area contributed by atoms with Crippen LogP contribution in [0.5, 0.6) is 0 Å². The number of alkyl halides is 3. The maximum atomic E-state index is 12.5. The van der Waals surface area contributed by atoms with Crippen LogP contribution in [0, 0.1) is 0 Å². The van der Waals surface area contributed by atoms with Gasteiger partial charge in [0.1, 0.15) is 0 Å². The molecule has 0 saturated carbocycles. The van der Waals surface area contributed by atoms with Crippen LogP contribution in [0.2, 0.25) is 0 Å². The van der Waals surface area contributed by atoms with E-state index in [1.165, 1.54) is 12.5 Å². The van der Waals surface area contributed by atoms with Gasteiger partial charge in [0.25, 0.3) is 0 Å². The number of aromatic nitrogens is 2.